The largest absolute Gasteiger partial charge is 0.483 e. The molecule has 5 rings (SSSR count). The fraction of sp³-hybridized carbons (Fsp3) is 0.179. The summed E-state index contributed by atoms with van der Waals surface area (Å²) in [7, 11) is 0. The molecule has 0 radical (unpaired) electrons. The molecule has 2 aromatic carbocycles. The molecule has 1 atom stereocenters. The molecule has 0 aliphatic heterocycles. The van der Waals surface area contributed by atoms with Crippen molar-refractivity contribution in [2.24, 2.45) is 5.73 Å². The molecule has 0 aliphatic rings. The number of aryl methyl sites for hydroxylation is 1. The second kappa shape index (κ2) is 10.1. The lowest BCUT2D eigenvalue weighted by Gasteiger charge is -2.19. The Kier molecular flexibility index (Phi) is 6.83. The van der Waals surface area contributed by atoms with Crippen molar-refractivity contribution in [1.82, 2.24) is 9.97 Å². The summed E-state index contributed by atoms with van der Waals surface area (Å²) < 4.78 is 13.3. The van der Waals surface area contributed by atoms with Crippen LogP contribution in [0.3, 0.4) is 0 Å². The van der Waals surface area contributed by atoms with Gasteiger partial charge in [-0.15, -0.1) is 0 Å². The highest BCUT2D eigenvalue weighted by Crippen LogP contribution is 2.35. The van der Waals surface area contributed by atoms with Gasteiger partial charge in [-0.25, -0.2) is 9.97 Å². The summed E-state index contributed by atoms with van der Waals surface area (Å²) in [6.07, 6.45) is -0.642. The van der Waals surface area contributed by atoms with E-state index in [1.54, 1.807) is 19.9 Å². The quantitative estimate of drug-likeness (QED) is 0.244. The van der Waals surface area contributed by atoms with Crippen LogP contribution in [0, 0.1) is 13.8 Å². The second-order valence-electron chi connectivity index (χ2n) is 9.10. The molecule has 3 aromatic heterocycles. The summed E-state index contributed by atoms with van der Waals surface area (Å²) in [6.45, 7) is 6.80. The van der Waals surface area contributed by atoms with Crippen molar-refractivity contribution in [3.63, 3.8) is 0 Å². The summed E-state index contributed by atoms with van der Waals surface area (Å²) in [6, 6.07) is 12.2. The van der Waals surface area contributed by atoms with Crippen molar-refractivity contribution in [2.75, 3.05) is 5.32 Å². The molecule has 1 unspecified atom stereocenters. The molecule has 9 nitrogen and oxygen atoms in total. The number of carbonyl (C=O) groups excluding carboxylic acids is 2. The number of hydrogen-bond donors (Lipinski definition) is 2. The topological polar surface area (TPSA) is 137 Å². The van der Waals surface area contributed by atoms with Crippen LogP contribution in [0.4, 0.5) is 5.13 Å². The zero-order valence-corrected chi connectivity index (χ0v) is 23.0. The average Bonchev–Trinajstić information content (AvgIpc) is 3.27. The van der Waals surface area contributed by atoms with Gasteiger partial charge >= 0.3 is 0 Å². The van der Waals surface area contributed by atoms with Crippen LogP contribution in [0.25, 0.3) is 32.5 Å². The number of halogens is 1. The molecule has 3 heterocycles. The SMILES string of the molecule is CC(=O)Nc1nc2ccc(-c3oc4c(C(C)Oc5ccc(Cl)nc5C(N)=O)cc(C)cc4c(=O)c3C)cc2s1. The molecular weight excluding hydrogens is 540 g/mol. The van der Waals surface area contributed by atoms with Crippen molar-refractivity contribution in [1.29, 1.82) is 0 Å². The van der Waals surface area contributed by atoms with Crippen molar-refractivity contribution in [3.05, 3.63) is 80.2 Å². The van der Waals surface area contributed by atoms with E-state index in [0.717, 1.165) is 10.3 Å². The number of anilines is 1. The van der Waals surface area contributed by atoms with Gasteiger partial charge in [0.1, 0.15) is 22.6 Å². The van der Waals surface area contributed by atoms with Gasteiger partial charge in [0.05, 0.1) is 15.6 Å². The minimum atomic E-state index is -0.779. The molecule has 0 saturated heterocycles. The monoisotopic (exact) mass is 562 g/mol. The molecule has 0 fully saturated rings. The number of nitrogens with two attached hydrogens (primary N) is 1. The lowest BCUT2D eigenvalue weighted by atomic mass is 10.00. The molecule has 0 aliphatic carbocycles. The maximum absolute atomic E-state index is 13.5. The average molecular weight is 563 g/mol. The number of benzene rings is 2. The van der Waals surface area contributed by atoms with Crippen LogP contribution >= 0.6 is 22.9 Å². The van der Waals surface area contributed by atoms with E-state index in [-0.39, 0.29) is 27.9 Å². The highest BCUT2D eigenvalue weighted by molar-refractivity contribution is 7.22. The first-order valence-corrected chi connectivity index (χ1v) is 13.1. The Bertz CT molecular complexity index is 1860. The third-order valence-corrected chi connectivity index (χ3v) is 7.27. The van der Waals surface area contributed by atoms with Crippen molar-refractivity contribution in [3.8, 4) is 17.1 Å². The van der Waals surface area contributed by atoms with Gasteiger partial charge in [-0.3, -0.25) is 14.4 Å². The van der Waals surface area contributed by atoms with E-state index < -0.39 is 12.0 Å². The fourth-order valence-corrected chi connectivity index (χ4v) is 5.46. The highest BCUT2D eigenvalue weighted by Gasteiger charge is 2.22. The van der Waals surface area contributed by atoms with E-state index in [1.165, 1.54) is 30.4 Å². The molecular formula is C28H23ClN4O5S. The van der Waals surface area contributed by atoms with E-state index in [0.29, 0.717) is 44.1 Å². The van der Waals surface area contributed by atoms with E-state index >= 15 is 0 Å². The number of primary amides is 1. The van der Waals surface area contributed by atoms with Crippen LogP contribution in [0.2, 0.25) is 5.15 Å². The van der Waals surface area contributed by atoms with E-state index in [1.807, 2.05) is 31.2 Å². The molecule has 5 aromatic rings. The van der Waals surface area contributed by atoms with Gasteiger partial charge in [-0.05, 0) is 68.8 Å². The molecule has 0 bridgehead atoms. The Hall–Kier alpha value is -4.28. The first-order chi connectivity index (χ1) is 18.5. The van der Waals surface area contributed by atoms with Crippen LogP contribution < -0.4 is 21.2 Å². The molecule has 0 saturated carbocycles. The van der Waals surface area contributed by atoms with Crippen LogP contribution in [0.1, 0.15) is 47.1 Å². The van der Waals surface area contributed by atoms with Gasteiger partial charge in [0, 0.05) is 23.6 Å². The number of pyridine rings is 1. The minimum absolute atomic E-state index is 0.0965. The molecule has 0 spiro atoms. The van der Waals surface area contributed by atoms with Crippen LogP contribution in [-0.2, 0) is 4.79 Å². The maximum Gasteiger partial charge on any atom is 0.271 e. The summed E-state index contributed by atoms with van der Waals surface area (Å²) >= 11 is 7.26. The van der Waals surface area contributed by atoms with E-state index in [2.05, 4.69) is 15.3 Å². The van der Waals surface area contributed by atoms with Gasteiger partial charge in [0.15, 0.2) is 22.0 Å². The predicted molar refractivity (Wildman–Crippen MR) is 152 cm³/mol. The van der Waals surface area contributed by atoms with Crippen molar-refractivity contribution >= 4 is 61.1 Å². The lowest BCUT2D eigenvalue weighted by Crippen LogP contribution is -2.17. The number of nitrogens with one attached hydrogen (secondary N) is 1. The molecule has 3 N–H and O–H groups in total. The Morgan fingerprint density at radius 2 is 1.90 bits per heavy atom. The number of hydrogen-bond acceptors (Lipinski definition) is 8. The number of ether oxygens (including phenoxy) is 1. The molecule has 11 heteroatoms. The number of rotatable bonds is 6. The minimum Gasteiger partial charge on any atom is -0.483 e. The van der Waals surface area contributed by atoms with Gasteiger partial charge in [-0.1, -0.05) is 22.9 Å². The van der Waals surface area contributed by atoms with E-state index in [9.17, 15) is 14.4 Å². The summed E-state index contributed by atoms with van der Waals surface area (Å²) in [5.41, 5.74) is 8.89. The molecule has 39 heavy (non-hydrogen) atoms. The van der Waals surface area contributed by atoms with Gasteiger partial charge in [0.2, 0.25) is 5.91 Å². The smallest absolute Gasteiger partial charge is 0.271 e. The van der Waals surface area contributed by atoms with Crippen molar-refractivity contribution < 1.29 is 18.7 Å². The Balaban J connectivity index is 1.63. The second-order valence-corrected chi connectivity index (χ2v) is 10.5. The van der Waals surface area contributed by atoms with E-state index in [4.69, 9.17) is 26.5 Å². The summed E-state index contributed by atoms with van der Waals surface area (Å²) in [5.74, 6) is -0.415. The molecule has 2 amide bonds. The normalized spacial score (nSPS) is 12.0. The Morgan fingerprint density at radius 1 is 1.13 bits per heavy atom. The van der Waals surface area contributed by atoms with Crippen LogP contribution in [-0.4, -0.2) is 21.8 Å². The summed E-state index contributed by atoms with van der Waals surface area (Å²) in [5, 5.41) is 3.71. The summed E-state index contributed by atoms with van der Waals surface area (Å²) in [4.78, 5) is 45.3. The van der Waals surface area contributed by atoms with Gasteiger partial charge < -0.3 is 20.2 Å². The Labute approximate surface area is 231 Å². The van der Waals surface area contributed by atoms with Crippen molar-refractivity contribution in [2.45, 2.75) is 33.8 Å². The lowest BCUT2D eigenvalue weighted by molar-refractivity contribution is -0.114. The number of thiazole rings is 1. The zero-order chi connectivity index (χ0) is 28.0. The number of fused-ring (bicyclic) bond motifs is 2. The first-order valence-electron chi connectivity index (χ1n) is 11.9. The van der Waals surface area contributed by atoms with Gasteiger partial charge in [0.25, 0.3) is 5.91 Å². The zero-order valence-electron chi connectivity index (χ0n) is 21.4. The number of aromatic nitrogens is 2. The maximum atomic E-state index is 13.5. The van der Waals surface area contributed by atoms with Crippen LogP contribution in [0.5, 0.6) is 5.75 Å². The molecule has 198 valence electrons. The third kappa shape index (κ3) is 5.08. The Morgan fingerprint density at radius 3 is 2.62 bits per heavy atom. The highest BCUT2D eigenvalue weighted by atomic mass is 35.5. The fourth-order valence-electron chi connectivity index (χ4n) is 4.36. The third-order valence-electron chi connectivity index (χ3n) is 6.12. The number of nitrogens with zero attached hydrogens (tertiary/aromatic N) is 2. The van der Waals surface area contributed by atoms with Gasteiger partial charge in [-0.2, -0.15) is 0 Å². The number of carbonyl (C=O) groups is 2. The number of amides is 2. The predicted octanol–water partition coefficient (Wildman–Crippen LogP) is 5.93. The van der Waals surface area contributed by atoms with Crippen LogP contribution in [0.15, 0.2) is 51.7 Å². The first kappa shape index (κ1) is 26.3. The standard InChI is InChI=1S/C28H23ClN4O5S/c1-12-9-17(14(3)37-20-7-8-22(29)33-23(20)27(30)36)26-18(10-12)24(35)13(2)25(38-26)16-5-6-19-21(11-16)39-28(32-19)31-15(4)34/h5-11,14H,1-4H3,(H2,30,36)(H,31,32,34).